The third-order valence-corrected chi connectivity index (χ3v) is 3.76. The zero-order valence-electron chi connectivity index (χ0n) is 16.1. The van der Waals surface area contributed by atoms with Gasteiger partial charge in [-0.25, -0.2) is 14.4 Å². The number of ether oxygens (including phenoxy) is 4. The Bertz CT molecular complexity index is 827. The maximum absolute atomic E-state index is 12.3. The van der Waals surface area contributed by atoms with Crippen molar-refractivity contribution in [1.82, 2.24) is 4.98 Å². The van der Waals surface area contributed by atoms with E-state index in [1.807, 2.05) is 6.07 Å². The van der Waals surface area contributed by atoms with Crippen molar-refractivity contribution in [2.45, 2.75) is 27.4 Å². The Morgan fingerprint density at radius 2 is 1.57 bits per heavy atom. The predicted molar refractivity (Wildman–Crippen MR) is 99.2 cm³/mol. The van der Waals surface area contributed by atoms with Gasteiger partial charge < -0.3 is 23.9 Å². The lowest BCUT2D eigenvalue weighted by atomic mass is 10.1. The van der Waals surface area contributed by atoms with E-state index >= 15 is 0 Å². The van der Waals surface area contributed by atoms with Gasteiger partial charge in [0.15, 0.2) is 6.61 Å². The number of H-pyrrole nitrogens is 1. The van der Waals surface area contributed by atoms with Crippen molar-refractivity contribution in [2.24, 2.45) is 0 Å². The average Bonchev–Trinajstić information content (AvgIpc) is 3.02. The molecule has 1 heterocycles. The highest BCUT2D eigenvalue weighted by atomic mass is 16.6. The summed E-state index contributed by atoms with van der Waals surface area (Å²) in [5.74, 6) is -1.30. The van der Waals surface area contributed by atoms with Gasteiger partial charge in [0.25, 0.3) is 0 Å². The van der Waals surface area contributed by atoms with Crippen LogP contribution in [0.1, 0.15) is 46.0 Å². The summed E-state index contributed by atoms with van der Waals surface area (Å²) in [5, 5.41) is 0. The topological polar surface area (TPSA) is 104 Å². The molecular formula is C20H23NO7. The number of rotatable bonds is 9. The summed E-state index contributed by atoms with van der Waals surface area (Å²) in [6.45, 7) is 4.77. The molecule has 2 aromatic rings. The molecular weight excluding hydrogens is 366 g/mol. The fourth-order valence-electron chi connectivity index (χ4n) is 2.51. The zero-order chi connectivity index (χ0) is 20.5. The second-order valence-electron chi connectivity index (χ2n) is 5.68. The monoisotopic (exact) mass is 389 g/mol. The van der Waals surface area contributed by atoms with Crippen LogP contribution >= 0.6 is 0 Å². The highest BCUT2D eigenvalue weighted by Gasteiger charge is 2.26. The van der Waals surface area contributed by atoms with Crippen LogP contribution in [0.15, 0.2) is 30.3 Å². The molecule has 0 radical (unpaired) electrons. The van der Waals surface area contributed by atoms with Crippen LogP contribution < -0.4 is 4.74 Å². The molecule has 0 saturated carbocycles. The molecule has 2 rings (SSSR count). The van der Waals surface area contributed by atoms with E-state index in [1.54, 1.807) is 45.0 Å². The molecule has 0 spiro atoms. The van der Waals surface area contributed by atoms with Crippen LogP contribution in [-0.4, -0.2) is 42.7 Å². The molecule has 0 bridgehead atoms. The SMILES string of the molecule is CCOC(=O)c1[nH]c(COC(=O)COc2ccccc2)c(C(=O)OCC)c1C. The van der Waals surface area contributed by atoms with E-state index in [2.05, 4.69) is 4.98 Å². The normalized spacial score (nSPS) is 10.2. The Morgan fingerprint density at radius 1 is 0.929 bits per heavy atom. The molecule has 0 unspecified atom stereocenters. The quantitative estimate of drug-likeness (QED) is 0.519. The van der Waals surface area contributed by atoms with Crippen LogP contribution in [0.25, 0.3) is 0 Å². The van der Waals surface area contributed by atoms with Gasteiger partial charge in [0.1, 0.15) is 18.1 Å². The van der Waals surface area contributed by atoms with Crippen LogP contribution in [-0.2, 0) is 25.6 Å². The van der Waals surface area contributed by atoms with Crippen LogP contribution in [0, 0.1) is 6.92 Å². The van der Waals surface area contributed by atoms with E-state index in [0.717, 1.165) is 0 Å². The van der Waals surface area contributed by atoms with Crippen LogP contribution in [0.2, 0.25) is 0 Å². The first-order chi connectivity index (χ1) is 13.5. The molecule has 0 atom stereocenters. The summed E-state index contributed by atoms with van der Waals surface area (Å²) < 4.78 is 20.5. The average molecular weight is 389 g/mol. The van der Waals surface area contributed by atoms with Gasteiger partial charge in [0.05, 0.1) is 24.5 Å². The van der Waals surface area contributed by atoms with Gasteiger partial charge in [0.2, 0.25) is 0 Å². The molecule has 0 saturated heterocycles. The summed E-state index contributed by atoms with van der Waals surface area (Å²) in [7, 11) is 0. The number of benzene rings is 1. The minimum atomic E-state index is -0.622. The number of esters is 3. The van der Waals surface area contributed by atoms with Crippen molar-refractivity contribution >= 4 is 17.9 Å². The fraction of sp³-hybridized carbons (Fsp3) is 0.350. The van der Waals surface area contributed by atoms with Crippen LogP contribution in [0.4, 0.5) is 0 Å². The van der Waals surface area contributed by atoms with Crippen LogP contribution in [0.3, 0.4) is 0 Å². The van der Waals surface area contributed by atoms with Gasteiger partial charge in [-0.05, 0) is 38.5 Å². The maximum atomic E-state index is 12.3. The first-order valence-corrected chi connectivity index (χ1v) is 8.87. The lowest BCUT2D eigenvalue weighted by Crippen LogP contribution is -2.16. The van der Waals surface area contributed by atoms with Crippen LogP contribution in [0.5, 0.6) is 5.75 Å². The van der Waals surface area contributed by atoms with Crippen molar-refractivity contribution < 1.29 is 33.3 Å². The molecule has 0 amide bonds. The standard InChI is InChI=1S/C20H23NO7/c1-4-25-19(23)17-13(3)18(20(24)26-5-2)21-15(17)11-28-16(22)12-27-14-9-7-6-8-10-14/h6-10,21H,4-5,11-12H2,1-3H3. The molecule has 8 heteroatoms. The summed E-state index contributed by atoms with van der Waals surface area (Å²) in [6.07, 6.45) is 0. The Labute approximate surface area is 162 Å². The molecule has 1 N–H and O–H groups in total. The highest BCUT2D eigenvalue weighted by Crippen LogP contribution is 2.21. The van der Waals surface area contributed by atoms with Crippen molar-refractivity contribution in [1.29, 1.82) is 0 Å². The van der Waals surface area contributed by atoms with E-state index in [0.29, 0.717) is 11.3 Å². The molecule has 150 valence electrons. The second-order valence-corrected chi connectivity index (χ2v) is 5.68. The van der Waals surface area contributed by atoms with E-state index in [9.17, 15) is 14.4 Å². The van der Waals surface area contributed by atoms with Crippen molar-refractivity contribution in [3.05, 3.63) is 52.8 Å². The third kappa shape index (κ3) is 5.35. The van der Waals surface area contributed by atoms with E-state index in [4.69, 9.17) is 18.9 Å². The lowest BCUT2D eigenvalue weighted by Gasteiger charge is -2.08. The number of carbonyl (C=O) groups is 3. The van der Waals surface area contributed by atoms with Crippen molar-refractivity contribution in [2.75, 3.05) is 19.8 Å². The van der Waals surface area contributed by atoms with Crippen molar-refractivity contribution in [3.8, 4) is 5.75 Å². The second kappa shape index (κ2) is 10.1. The lowest BCUT2D eigenvalue weighted by molar-refractivity contribution is -0.147. The molecule has 28 heavy (non-hydrogen) atoms. The molecule has 1 aromatic carbocycles. The predicted octanol–water partition coefficient (Wildman–Crippen LogP) is 2.80. The molecule has 0 aliphatic heterocycles. The molecule has 0 aliphatic rings. The molecule has 1 aromatic heterocycles. The number of hydrogen-bond acceptors (Lipinski definition) is 7. The molecule has 0 fully saturated rings. The van der Waals surface area contributed by atoms with E-state index in [1.165, 1.54) is 0 Å². The van der Waals surface area contributed by atoms with E-state index in [-0.39, 0.29) is 43.4 Å². The fourth-order valence-corrected chi connectivity index (χ4v) is 2.51. The number of para-hydroxylation sites is 1. The number of carbonyl (C=O) groups excluding carboxylic acids is 3. The Balaban J connectivity index is 2.09. The number of aromatic nitrogens is 1. The zero-order valence-corrected chi connectivity index (χ0v) is 16.1. The third-order valence-electron chi connectivity index (χ3n) is 3.76. The minimum absolute atomic E-state index is 0.122. The molecule has 0 aliphatic carbocycles. The Morgan fingerprint density at radius 3 is 2.21 bits per heavy atom. The van der Waals surface area contributed by atoms with Gasteiger partial charge in [0, 0.05) is 0 Å². The van der Waals surface area contributed by atoms with Gasteiger partial charge in [-0.15, -0.1) is 0 Å². The number of hydrogen-bond donors (Lipinski definition) is 1. The van der Waals surface area contributed by atoms with Gasteiger partial charge >= 0.3 is 17.9 Å². The summed E-state index contributed by atoms with van der Waals surface area (Å²) >= 11 is 0. The maximum Gasteiger partial charge on any atom is 0.355 e. The van der Waals surface area contributed by atoms with Gasteiger partial charge in [-0.2, -0.15) is 0 Å². The minimum Gasteiger partial charge on any atom is -0.482 e. The van der Waals surface area contributed by atoms with Gasteiger partial charge in [-0.3, -0.25) is 0 Å². The van der Waals surface area contributed by atoms with Gasteiger partial charge in [-0.1, -0.05) is 18.2 Å². The number of aromatic amines is 1. The molecule has 8 nitrogen and oxygen atoms in total. The highest BCUT2D eigenvalue weighted by molar-refractivity contribution is 5.98. The largest absolute Gasteiger partial charge is 0.482 e. The first kappa shape index (κ1) is 21.0. The van der Waals surface area contributed by atoms with Crippen molar-refractivity contribution in [3.63, 3.8) is 0 Å². The summed E-state index contributed by atoms with van der Waals surface area (Å²) in [5.41, 5.74) is 0.911. The number of nitrogens with one attached hydrogen (secondary N) is 1. The summed E-state index contributed by atoms with van der Waals surface area (Å²) in [4.78, 5) is 39.1. The summed E-state index contributed by atoms with van der Waals surface area (Å²) in [6, 6.07) is 8.82. The Hall–Kier alpha value is -3.29. The first-order valence-electron chi connectivity index (χ1n) is 8.87. The Kier molecular flexibility index (Phi) is 7.62. The van der Waals surface area contributed by atoms with E-state index < -0.39 is 17.9 Å². The smallest absolute Gasteiger partial charge is 0.355 e.